The van der Waals surface area contributed by atoms with Crippen molar-refractivity contribution in [1.29, 1.82) is 0 Å². The predicted molar refractivity (Wildman–Crippen MR) is 408 cm³/mol. The van der Waals surface area contributed by atoms with Crippen molar-refractivity contribution in [2.75, 3.05) is 25.6 Å². The summed E-state index contributed by atoms with van der Waals surface area (Å²) in [5, 5.41) is 28.9. The minimum absolute atomic E-state index is 0.00632. The summed E-state index contributed by atoms with van der Waals surface area (Å²) in [5.74, 6) is 1.43. The van der Waals surface area contributed by atoms with E-state index in [2.05, 4.69) is 128 Å². The first kappa shape index (κ1) is 70.6. The van der Waals surface area contributed by atoms with Crippen LogP contribution < -0.4 is 25.6 Å². The van der Waals surface area contributed by atoms with E-state index >= 15 is 0 Å². The van der Waals surface area contributed by atoms with Crippen molar-refractivity contribution in [3.63, 3.8) is 0 Å². The van der Waals surface area contributed by atoms with Gasteiger partial charge in [0.15, 0.2) is 11.3 Å². The summed E-state index contributed by atoms with van der Waals surface area (Å²) in [5.41, 5.74) is 11.7. The molecule has 510 valence electrons. The Kier molecular flexibility index (Phi) is 23.1. The number of hydrogen-bond donors (Lipinski definition) is 6. The highest BCUT2D eigenvalue weighted by atomic mass is 79.9. The fourth-order valence-electron chi connectivity index (χ4n) is 10.6. The van der Waals surface area contributed by atoms with Crippen molar-refractivity contribution in [1.82, 2.24) is 60.3 Å². The number of benzene rings is 8. The molecule has 0 atom stereocenters. The molecule has 0 saturated carbocycles. The number of H-pyrrole nitrogens is 2. The second-order valence-electron chi connectivity index (χ2n) is 23.1. The lowest BCUT2D eigenvalue weighted by atomic mass is 10.1. The molecule has 0 bridgehead atoms. The monoisotopic (exact) mass is 1490 g/mol. The number of hydrogen-bond acceptors (Lipinski definition) is 19. The van der Waals surface area contributed by atoms with Gasteiger partial charge in [0.1, 0.15) is 27.7 Å². The van der Waals surface area contributed by atoms with Gasteiger partial charge in [-0.3, -0.25) is 29.6 Å². The van der Waals surface area contributed by atoms with Crippen molar-refractivity contribution in [2.45, 2.75) is 71.0 Å². The maximum Gasteiger partial charge on any atom is 0.264 e. The number of rotatable bonds is 21. The first-order chi connectivity index (χ1) is 49.5. The number of carbonyl (C=O) groups excluding carboxylic acids is 3. The van der Waals surface area contributed by atoms with Crippen LogP contribution in [0.1, 0.15) is 73.0 Å². The molecule has 102 heavy (non-hydrogen) atoms. The van der Waals surface area contributed by atoms with Crippen LogP contribution in [0, 0.1) is 13.8 Å². The second kappa shape index (κ2) is 33.3. The van der Waals surface area contributed by atoms with E-state index in [-0.39, 0.29) is 28.6 Å². The van der Waals surface area contributed by atoms with Crippen LogP contribution in [0.3, 0.4) is 0 Å². The molecular formula is C75H64BrN17O5S4. The number of anilines is 6. The van der Waals surface area contributed by atoms with E-state index in [0.29, 0.717) is 62.6 Å². The highest BCUT2D eigenvalue weighted by molar-refractivity contribution is 9.10. The predicted octanol–water partition coefficient (Wildman–Crippen LogP) is 16.5. The molecule has 8 aromatic carbocycles. The first-order valence-electron chi connectivity index (χ1n) is 31.8. The Bertz CT molecular complexity index is 5370. The van der Waals surface area contributed by atoms with Crippen molar-refractivity contribution in [3.05, 3.63) is 287 Å². The number of thioether (sulfide) groups is 3. The summed E-state index contributed by atoms with van der Waals surface area (Å²) in [6.07, 6.45) is 11.5. The van der Waals surface area contributed by atoms with Crippen LogP contribution in [0.4, 0.5) is 34.4 Å². The fourth-order valence-corrected chi connectivity index (χ4v) is 14.6. The van der Waals surface area contributed by atoms with Crippen molar-refractivity contribution >= 4 is 146 Å². The molecule has 27 heteroatoms. The van der Waals surface area contributed by atoms with Crippen LogP contribution in [0.2, 0.25) is 0 Å². The molecule has 14 rings (SSSR count). The zero-order chi connectivity index (χ0) is 71.0. The van der Waals surface area contributed by atoms with Gasteiger partial charge in [0.05, 0.1) is 34.3 Å². The maximum atomic E-state index is 13.0. The number of para-hydroxylation sites is 1. The molecule has 6 N–H and O–H groups in total. The average Bonchev–Trinajstić information content (AvgIpc) is 1.11. The molecule has 0 fully saturated rings. The number of aromatic amines is 2. The molecule has 6 aromatic heterocycles. The Hall–Kier alpha value is -11.2. The standard InChI is InChI=1S/C28H26N6OS.C25H22N8O3S2.C22H16BrN3OS/c1-19(2)34(23-9-4-3-5-10-23)24-13-11-22(12-14-24)32-27(35)21-8-6-7-20(15-21)17-36-28-25-16-31-33-26(25)29-18-30-28;1-15-10-16(2)30-25(29-15)33-38(35,36)20-8-6-19(7-9-20)31-23(34)18-5-3-4-17(11-18)13-37-24-21-12-28-32-22(21)26-14-27-24;23-19-8-9-20(18-7-2-1-6-17(18)19)26-22(27)16-5-3-4-15(12-16)14-28-21-13-24-10-11-25-21/h3-16,18-19H,17H2,1-2H3,(H,32,35)(H,29,30,31,33);3-12,14H,13H2,1-2H3,(H,31,34)(H,29,30,33)(H,26,27,28,32);1-13H,14H2,(H,26,27). The SMILES string of the molecule is CC(C)N(c1ccccc1)c1ccc(NC(=O)c2cccc(CSc3ncnc4[nH]ncc34)c2)cc1.Cc1cc(C)nc(NS(=O)(=O)c2ccc(NC(=O)c3cccc(CSc4ncnc5[nH]ncc45)c3)cc2)n1.O=C(Nc1ccc(Br)c2ccccc12)c1cccc(CSc2cnccn2)c1. The topological polar surface area (TPSA) is 297 Å². The van der Waals surface area contributed by atoms with Crippen LogP contribution in [0.25, 0.3) is 32.8 Å². The number of carbonyl (C=O) groups is 3. The Morgan fingerprint density at radius 1 is 0.500 bits per heavy atom. The molecule has 0 spiro atoms. The van der Waals surface area contributed by atoms with Crippen LogP contribution in [0.5, 0.6) is 0 Å². The molecule has 0 aliphatic rings. The summed E-state index contributed by atoms with van der Waals surface area (Å²) < 4.78 is 28.9. The molecule has 0 saturated heterocycles. The van der Waals surface area contributed by atoms with Gasteiger partial charge in [0, 0.05) is 102 Å². The highest BCUT2D eigenvalue weighted by Gasteiger charge is 2.19. The van der Waals surface area contributed by atoms with Gasteiger partial charge in [0.25, 0.3) is 27.7 Å². The lowest BCUT2D eigenvalue weighted by Crippen LogP contribution is -2.25. The Labute approximate surface area is 608 Å². The van der Waals surface area contributed by atoms with E-state index in [0.717, 1.165) is 86.3 Å². The van der Waals surface area contributed by atoms with E-state index in [1.165, 1.54) is 48.7 Å². The Balaban J connectivity index is 0.000000146. The van der Waals surface area contributed by atoms with E-state index in [1.54, 1.807) is 80.5 Å². The van der Waals surface area contributed by atoms with Gasteiger partial charge < -0.3 is 20.9 Å². The molecule has 0 radical (unpaired) electrons. The first-order valence-corrected chi connectivity index (χ1v) is 37.0. The zero-order valence-electron chi connectivity index (χ0n) is 55.2. The Morgan fingerprint density at radius 2 is 1.00 bits per heavy atom. The van der Waals surface area contributed by atoms with Gasteiger partial charge >= 0.3 is 0 Å². The summed E-state index contributed by atoms with van der Waals surface area (Å²) >= 11 is 8.27. The largest absolute Gasteiger partial charge is 0.339 e. The van der Waals surface area contributed by atoms with E-state index in [4.69, 9.17) is 0 Å². The van der Waals surface area contributed by atoms with Crippen LogP contribution in [-0.4, -0.2) is 92.4 Å². The maximum absolute atomic E-state index is 13.0. The molecule has 0 aliphatic heterocycles. The molecule has 3 amide bonds. The summed E-state index contributed by atoms with van der Waals surface area (Å²) in [6, 6.07) is 60.6. The zero-order valence-corrected chi connectivity index (χ0v) is 60.0. The second-order valence-corrected chi connectivity index (χ2v) is 28.5. The lowest BCUT2D eigenvalue weighted by Gasteiger charge is -2.29. The Morgan fingerprint density at radius 3 is 1.53 bits per heavy atom. The number of aromatic nitrogens is 12. The smallest absolute Gasteiger partial charge is 0.264 e. The van der Waals surface area contributed by atoms with Crippen molar-refractivity contribution in [3.8, 4) is 0 Å². The lowest BCUT2D eigenvalue weighted by molar-refractivity contribution is 0.101. The molecular weight excluding hydrogens is 1430 g/mol. The number of nitrogens with zero attached hydrogens (tertiary/aromatic N) is 11. The third-order valence-electron chi connectivity index (χ3n) is 15.4. The number of halogens is 1. The summed E-state index contributed by atoms with van der Waals surface area (Å²) in [4.78, 5) is 74.5. The minimum Gasteiger partial charge on any atom is -0.339 e. The van der Waals surface area contributed by atoms with Crippen LogP contribution in [-0.2, 0) is 27.3 Å². The van der Waals surface area contributed by atoms with Crippen LogP contribution >= 0.6 is 51.2 Å². The molecule has 0 unspecified atom stereocenters. The van der Waals surface area contributed by atoms with Crippen molar-refractivity contribution < 1.29 is 22.8 Å². The average molecular weight is 1490 g/mol. The fraction of sp³-hybridized carbons (Fsp3) is 0.107. The third-order valence-corrected chi connectivity index (χ3v) is 20.5. The number of nitrogens with one attached hydrogen (secondary N) is 6. The van der Waals surface area contributed by atoms with Crippen LogP contribution in [0.15, 0.2) is 262 Å². The third kappa shape index (κ3) is 18.4. The molecule has 0 aliphatic carbocycles. The number of amides is 3. The summed E-state index contributed by atoms with van der Waals surface area (Å²) in [6.45, 7) is 7.84. The number of sulfonamides is 1. The highest BCUT2D eigenvalue weighted by Crippen LogP contribution is 2.34. The molecule has 22 nitrogen and oxygen atoms in total. The summed E-state index contributed by atoms with van der Waals surface area (Å²) in [7, 11) is -3.89. The van der Waals surface area contributed by atoms with Gasteiger partial charge in [-0.1, -0.05) is 94.8 Å². The number of fused-ring (bicyclic) bond motifs is 3. The quantitative estimate of drug-likeness (QED) is 0.0288. The van der Waals surface area contributed by atoms with E-state index < -0.39 is 10.0 Å². The molecule has 6 heterocycles. The van der Waals surface area contributed by atoms with E-state index in [1.807, 2.05) is 146 Å². The number of aryl methyl sites for hydroxylation is 2. The van der Waals surface area contributed by atoms with Gasteiger partial charge in [-0.15, -0.1) is 35.3 Å². The minimum atomic E-state index is -3.89. The van der Waals surface area contributed by atoms with Crippen molar-refractivity contribution in [2.24, 2.45) is 0 Å². The van der Waals surface area contributed by atoms with Gasteiger partial charge in [-0.25, -0.2) is 48.0 Å². The van der Waals surface area contributed by atoms with Gasteiger partial charge in [-0.05, 0) is 165 Å². The van der Waals surface area contributed by atoms with E-state index in [9.17, 15) is 22.8 Å². The van der Waals surface area contributed by atoms with Gasteiger partial charge in [-0.2, -0.15) is 10.2 Å². The van der Waals surface area contributed by atoms with Gasteiger partial charge in [0.2, 0.25) is 5.95 Å². The molecule has 14 aromatic rings. The normalized spacial score (nSPS) is 11.1.